The molecule has 1 nitrogen and oxygen atoms in total. The Hall–Kier alpha value is -0.0400. The number of nitrogens with one attached hydrogen (secondary N) is 1. The normalized spacial score (nSPS) is 35.6. The molecule has 1 N–H and O–H groups in total. The fraction of sp³-hybridized carbons (Fsp3) is 1.00. The maximum Gasteiger partial charge on any atom is 0.0124 e. The van der Waals surface area contributed by atoms with Crippen LogP contribution in [0.2, 0.25) is 0 Å². The molecular formula is C13H23N. The van der Waals surface area contributed by atoms with E-state index >= 15 is 0 Å². The van der Waals surface area contributed by atoms with Gasteiger partial charge >= 0.3 is 0 Å². The second-order valence-corrected chi connectivity index (χ2v) is 5.87. The Balaban J connectivity index is 1.44. The summed E-state index contributed by atoms with van der Waals surface area (Å²) in [5.41, 5.74) is 0.804. The summed E-state index contributed by atoms with van der Waals surface area (Å²) in [6.07, 6.45) is 13.5. The minimum Gasteiger partial charge on any atom is -0.313 e. The van der Waals surface area contributed by atoms with Crippen LogP contribution in [0.3, 0.4) is 0 Å². The van der Waals surface area contributed by atoms with Crippen LogP contribution in [0.4, 0.5) is 0 Å². The van der Waals surface area contributed by atoms with E-state index in [2.05, 4.69) is 5.32 Å². The zero-order valence-electron chi connectivity index (χ0n) is 9.23. The van der Waals surface area contributed by atoms with E-state index in [-0.39, 0.29) is 0 Å². The fourth-order valence-electron chi connectivity index (χ4n) is 3.77. The van der Waals surface area contributed by atoms with Crippen molar-refractivity contribution in [3.63, 3.8) is 0 Å². The van der Waals surface area contributed by atoms with Crippen LogP contribution in [0, 0.1) is 11.3 Å². The van der Waals surface area contributed by atoms with Crippen molar-refractivity contribution in [3.8, 4) is 0 Å². The SMILES string of the molecule is C1CCC(CNC2CCC23CCC3)C1. The molecule has 0 bridgehead atoms. The Labute approximate surface area is 87.7 Å². The first kappa shape index (κ1) is 9.21. The van der Waals surface area contributed by atoms with Gasteiger partial charge in [0.25, 0.3) is 0 Å². The molecule has 0 aliphatic heterocycles. The van der Waals surface area contributed by atoms with E-state index in [9.17, 15) is 0 Å². The quantitative estimate of drug-likeness (QED) is 0.726. The van der Waals surface area contributed by atoms with E-state index in [0.29, 0.717) is 0 Å². The topological polar surface area (TPSA) is 12.0 Å². The second kappa shape index (κ2) is 3.52. The van der Waals surface area contributed by atoms with E-state index in [0.717, 1.165) is 17.4 Å². The molecule has 14 heavy (non-hydrogen) atoms. The highest BCUT2D eigenvalue weighted by Crippen LogP contribution is 2.55. The number of rotatable bonds is 3. The lowest BCUT2D eigenvalue weighted by molar-refractivity contribution is -0.0187. The Morgan fingerprint density at radius 1 is 0.929 bits per heavy atom. The first-order chi connectivity index (χ1) is 6.89. The van der Waals surface area contributed by atoms with Gasteiger partial charge in [0.15, 0.2) is 0 Å². The molecule has 1 unspecified atom stereocenters. The van der Waals surface area contributed by atoms with E-state index in [1.807, 2.05) is 0 Å². The van der Waals surface area contributed by atoms with Gasteiger partial charge in [0, 0.05) is 6.04 Å². The molecule has 0 heterocycles. The standard InChI is InChI=1S/C13H23N/c1-2-5-11(4-1)10-14-12-6-9-13(12)7-3-8-13/h11-12,14H,1-10H2. The summed E-state index contributed by atoms with van der Waals surface area (Å²) in [6.45, 7) is 1.33. The average Bonchev–Trinajstić information content (AvgIpc) is 2.52. The molecule has 80 valence electrons. The smallest absolute Gasteiger partial charge is 0.0124 e. The molecule has 3 saturated carbocycles. The maximum atomic E-state index is 3.85. The molecule has 3 aliphatic rings. The van der Waals surface area contributed by atoms with E-state index in [4.69, 9.17) is 0 Å². The van der Waals surface area contributed by atoms with Crippen molar-refractivity contribution in [1.29, 1.82) is 0 Å². The fourth-order valence-corrected chi connectivity index (χ4v) is 3.77. The van der Waals surface area contributed by atoms with Gasteiger partial charge < -0.3 is 5.32 Å². The van der Waals surface area contributed by atoms with Crippen molar-refractivity contribution < 1.29 is 0 Å². The molecule has 1 heteroatoms. The molecule has 3 fully saturated rings. The van der Waals surface area contributed by atoms with Gasteiger partial charge in [-0.05, 0) is 56.4 Å². The monoisotopic (exact) mass is 193 g/mol. The number of hydrogen-bond donors (Lipinski definition) is 1. The molecule has 0 radical (unpaired) electrons. The zero-order valence-corrected chi connectivity index (χ0v) is 9.23. The van der Waals surface area contributed by atoms with Gasteiger partial charge in [-0.1, -0.05) is 19.3 Å². The van der Waals surface area contributed by atoms with Crippen molar-refractivity contribution in [1.82, 2.24) is 5.32 Å². The summed E-state index contributed by atoms with van der Waals surface area (Å²) >= 11 is 0. The summed E-state index contributed by atoms with van der Waals surface area (Å²) < 4.78 is 0. The molecule has 1 atom stereocenters. The second-order valence-electron chi connectivity index (χ2n) is 5.87. The summed E-state index contributed by atoms with van der Waals surface area (Å²) in [7, 11) is 0. The molecule has 0 saturated heterocycles. The highest BCUT2D eigenvalue weighted by Gasteiger charge is 2.50. The molecule has 0 aromatic rings. The minimum atomic E-state index is 0.804. The molecule has 0 aromatic carbocycles. The van der Waals surface area contributed by atoms with E-state index < -0.39 is 0 Å². The predicted octanol–water partition coefficient (Wildman–Crippen LogP) is 3.10. The lowest BCUT2D eigenvalue weighted by Crippen LogP contribution is -2.57. The van der Waals surface area contributed by atoms with Crippen LogP contribution in [0.1, 0.15) is 57.8 Å². The van der Waals surface area contributed by atoms with E-state index in [1.54, 1.807) is 0 Å². The van der Waals surface area contributed by atoms with Crippen molar-refractivity contribution in [2.24, 2.45) is 11.3 Å². The van der Waals surface area contributed by atoms with Gasteiger partial charge in [-0.15, -0.1) is 0 Å². The summed E-state index contributed by atoms with van der Waals surface area (Å²) in [4.78, 5) is 0. The zero-order chi connectivity index (χ0) is 9.43. The van der Waals surface area contributed by atoms with Crippen LogP contribution in [0.5, 0.6) is 0 Å². The third-order valence-corrected chi connectivity index (χ3v) is 5.15. The van der Waals surface area contributed by atoms with Crippen LogP contribution >= 0.6 is 0 Å². The Bertz CT molecular complexity index is 196. The predicted molar refractivity (Wildman–Crippen MR) is 59.3 cm³/mol. The van der Waals surface area contributed by atoms with Gasteiger partial charge in [-0.3, -0.25) is 0 Å². The highest BCUT2D eigenvalue weighted by atomic mass is 15.0. The van der Waals surface area contributed by atoms with Crippen LogP contribution in [0.15, 0.2) is 0 Å². The van der Waals surface area contributed by atoms with Gasteiger partial charge in [0.2, 0.25) is 0 Å². The molecule has 0 aromatic heterocycles. The van der Waals surface area contributed by atoms with Gasteiger partial charge in [0.05, 0.1) is 0 Å². The maximum absolute atomic E-state index is 3.85. The Kier molecular flexibility index (Phi) is 2.31. The lowest BCUT2D eigenvalue weighted by atomic mass is 9.53. The van der Waals surface area contributed by atoms with Gasteiger partial charge in [0.1, 0.15) is 0 Å². The molecule has 3 aliphatic carbocycles. The largest absolute Gasteiger partial charge is 0.313 e. The van der Waals surface area contributed by atoms with Crippen molar-refractivity contribution in [3.05, 3.63) is 0 Å². The molecular weight excluding hydrogens is 170 g/mol. The Morgan fingerprint density at radius 2 is 1.71 bits per heavy atom. The van der Waals surface area contributed by atoms with Crippen LogP contribution in [0.25, 0.3) is 0 Å². The number of hydrogen-bond acceptors (Lipinski definition) is 1. The third-order valence-electron chi connectivity index (χ3n) is 5.15. The highest BCUT2D eigenvalue weighted by molar-refractivity contribution is 5.05. The minimum absolute atomic E-state index is 0.804. The third kappa shape index (κ3) is 1.41. The van der Waals surface area contributed by atoms with E-state index in [1.165, 1.54) is 64.3 Å². The van der Waals surface area contributed by atoms with Crippen LogP contribution in [-0.4, -0.2) is 12.6 Å². The molecule has 1 spiro atoms. The molecule has 3 rings (SSSR count). The average molecular weight is 193 g/mol. The first-order valence-electron chi connectivity index (χ1n) is 6.62. The van der Waals surface area contributed by atoms with Crippen molar-refractivity contribution in [2.75, 3.05) is 6.54 Å². The van der Waals surface area contributed by atoms with Crippen LogP contribution < -0.4 is 5.32 Å². The van der Waals surface area contributed by atoms with Crippen molar-refractivity contribution >= 4 is 0 Å². The summed E-state index contributed by atoms with van der Waals surface area (Å²) in [6, 6.07) is 0.914. The van der Waals surface area contributed by atoms with Crippen molar-refractivity contribution in [2.45, 2.75) is 63.8 Å². The Morgan fingerprint density at radius 3 is 2.21 bits per heavy atom. The van der Waals surface area contributed by atoms with Crippen LogP contribution in [-0.2, 0) is 0 Å². The lowest BCUT2D eigenvalue weighted by Gasteiger charge is -2.56. The van der Waals surface area contributed by atoms with Gasteiger partial charge in [-0.2, -0.15) is 0 Å². The first-order valence-corrected chi connectivity index (χ1v) is 6.62. The summed E-state index contributed by atoms with van der Waals surface area (Å²) in [5.74, 6) is 1.02. The summed E-state index contributed by atoms with van der Waals surface area (Å²) in [5, 5.41) is 3.85. The van der Waals surface area contributed by atoms with Gasteiger partial charge in [-0.25, -0.2) is 0 Å². The molecule has 0 amide bonds.